The lowest BCUT2D eigenvalue weighted by molar-refractivity contribution is 0.195. The van der Waals surface area contributed by atoms with Crippen LogP contribution in [0.15, 0.2) is 12.4 Å². The molecular weight excluding hydrogens is 246 g/mol. The molecule has 20 heavy (non-hydrogen) atoms. The lowest BCUT2D eigenvalue weighted by Crippen LogP contribution is -2.42. The molecule has 1 heterocycles. The summed E-state index contributed by atoms with van der Waals surface area (Å²) >= 11 is 0. The molecule has 1 aliphatic carbocycles. The quantitative estimate of drug-likeness (QED) is 0.824. The van der Waals surface area contributed by atoms with Gasteiger partial charge in [-0.05, 0) is 37.1 Å². The number of hydrogen-bond acceptors (Lipinski definition) is 2. The highest BCUT2D eigenvalue weighted by Crippen LogP contribution is 2.44. The van der Waals surface area contributed by atoms with Gasteiger partial charge < -0.3 is 9.88 Å². The third-order valence-corrected chi connectivity index (χ3v) is 4.96. The number of nitrogens with zero attached hydrogens (tertiary/aromatic N) is 2. The number of aryl methyl sites for hydroxylation is 1. The first kappa shape index (κ1) is 15.6. The van der Waals surface area contributed by atoms with Crippen LogP contribution >= 0.6 is 0 Å². The predicted molar refractivity (Wildman–Crippen MR) is 84.8 cm³/mol. The lowest BCUT2D eigenvalue weighted by Gasteiger charge is -2.34. The van der Waals surface area contributed by atoms with E-state index in [2.05, 4.69) is 48.8 Å². The Morgan fingerprint density at radius 1 is 1.45 bits per heavy atom. The Labute approximate surface area is 124 Å². The molecule has 0 radical (unpaired) electrons. The molecule has 2 unspecified atom stereocenters. The molecule has 1 aliphatic rings. The van der Waals surface area contributed by atoms with E-state index in [0.29, 0.717) is 11.5 Å². The summed E-state index contributed by atoms with van der Waals surface area (Å²) in [6.07, 6.45) is 10.4. The molecule has 3 nitrogen and oxygen atoms in total. The summed E-state index contributed by atoms with van der Waals surface area (Å²) in [7, 11) is 0. The van der Waals surface area contributed by atoms with E-state index in [1.165, 1.54) is 31.5 Å². The van der Waals surface area contributed by atoms with E-state index in [1.54, 1.807) is 0 Å². The number of likely N-dealkylation sites (N-methyl/N-ethyl adjacent to an activating group) is 1. The fraction of sp³-hybridized carbons (Fsp3) is 0.824. The fourth-order valence-electron chi connectivity index (χ4n) is 3.89. The number of aromatic nitrogens is 2. The third kappa shape index (κ3) is 3.43. The van der Waals surface area contributed by atoms with Crippen LogP contribution in [-0.4, -0.2) is 22.1 Å². The highest BCUT2D eigenvalue weighted by atomic mass is 15.1. The van der Waals surface area contributed by atoms with Crippen LogP contribution in [-0.2, 0) is 13.0 Å². The summed E-state index contributed by atoms with van der Waals surface area (Å²) < 4.78 is 2.33. The van der Waals surface area contributed by atoms with E-state index in [1.807, 2.05) is 6.20 Å². The maximum Gasteiger partial charge on any atom is 0.110 e. The smallest absolute Gasteiger partial charge is 0.110 e. The van der Waals surface area contributed by atoms with Gasteiger partial charge >= 0.3 is 0 Å². The van der Waals surface area contributed by atoms with Gasteiger partial charge in [0.15, 0.2) is 0 Å². The standard InChI is InChI=1S/C17H31N3/c1-5-11-20-12-10-19-16(20)13-15(18-6-2)14-8-7-9-17(14,3)4/h10,12,14-15,18H,5-9,11,13H2,1-4H3. The van der Waals surface area contributed by atoms with Gasteiger partial charge in [0, 0.05) is 31.4 Å². The highest BCUT2D eigenvalue weighted by molar-refractivity contribution is 5.00. The van der Waals surface area contributed by atoms with Gasteiger partial charge in [-0.3, -0.25) is 0 Å². The highest BCUT2D eigenvalue weighted by Gasteiger charge is 2.39. The van der Waals surface area contributed by atoms with Crippen molar-refractivity contribution in [1.82, 2.24) is 14.9 Å². The average molecular weight is 277 g/mol. The number of imidazole rings is 1. The molecule has 3 heteroatoms. The molecule has 1 saturated carbocycles. The van der Waals surface area contributed by atoms with Gasteiger partial charge in [0.1, 0.15) is 5.82 Å². The van der Waals surface area contributed by atoms with Crippen molar-refractivity contribution >= 4 is 0 Å². The molecule has 0 aliphatic heterocycles. The summed E-state index contributed by atoms with van der Waals surface area (Å²) in [5.74, 6) is 2.02. The summed E-state index contributed by atoms with van der Waals surface area (Å²) in [4.78, 5) is 4.60. The minimum atomic E-state index is 0.467. The Morgan fingerprint density at radius 3 is 2.85 bits per heavy atom. The van der Waals surface area contributed by atoms with Gasteiger partial charge in [0.25, 0.3) is 0 Å². The molecule has 1 fully saturated rings. The first-order valence-corrected chi connectivity index (χ1v) is 8.32. The zero-order valence-corrected chi connectivity index (χ0v) is 13.7. The van der Waals surface area contributed by atoms with Crippen LogP contribution in [0, 0.1) is 11.3 Å². The van der Waals surface area contributed by atoms with Crippen molar-refractivity contribution in [3.05, 3.63) is 18.2 Å². The maximum atomic E-state index is 4.60. The van der Waals surface area contributed by atoms with Gasteiger partial charge in [0.05, 0.1) is 0 Å². The van der Waals surface area contributed by atoms with Gasteiger partial charge in [-0.15, -0.1) is 0 Å². The van der Waals surface area contributed by atoms with Gasteiger partial charge in [-0.2, -0.15) is 0 Å². The van der Waals surface area contributed by atoms with Crippen molar-refractivity contribution in [1.29, 1.82) is 0 Å². The second-order valence-electron chi connectivity index (χ2n) is 6.89. The minimum Gasteiger partial charge on any atom is -0.335 e. The predicted octanol–water partition coefficient (Wildman–Crippen LogP) is 3.64. The molecule has 2 rings (SSSR count). The van der Waals surface area contributed by atoms with Crippen LogP contribution in [0.3, 0.4) is 0 Å². The van der Waals surface area contributed by atoms with Crippen molar-refractivity contribution in [3.8, 4) is 0 Å². The van der Waals surface area contributed by atoms with Crippen LogP contribution in [0.5, 0.6) is 0 Å². The first-order chi connectivity index (χ1) is 9.58. The van der Waals surface area contributed by atoms with Crippen LogP contribution in [0.4, 0.5) is 0 Å². The fourth-order valence-corrected chi connectivity index (χ4v) is 3.89. The Kier molecular flexibility index (Phi) is 5.25. The van der Waals surface area contributed by atoms with Crippen LogP contribution in [0.2, 0.25) is 0 Å². The van der Waals surface area contributed by atoms with Gasteiger partial charge in [0.2, 0.25) is 0 Å². The Morgan fingerprint density at radius 2 is 2.25 bits per heavy atom. The third-order valence-electron chi connectivity index (χ3n) is 4.96. The number of nitrogens with one attached hydrogen (secondary N) is 1. The summed E-state index contributed by atoms with van der Waals surface area (Å²) in [6, 6.07) is 0.565. The van der Waals surface area contributed by atoms with E-state index in [-0.39, 0.29) is 0 Å². The van der Waals surface area contributed by atoms with E-state index in [4.69, 9.17) is 0 Å². The van der Waals surface area contributed by atoms with E-state index < -0.39 is 0 Å². The lowest BCUT2D eigenvalue weighted by atomic mass is 9.76. The zero-order valence-electron chi connectivity index (χ0n) is 13.7. The van der Waals surface area contributed by atoms with E-state index in [9.17, 15) is 0 Å². The van der Waals surface area contributed by atoms with E-state index >= 15 is 0 Å². The average Bonchev–Trinajstić information content (AvgIpc) is 2.96. The Balaban J connectivity index is 2.11. The molecule has 0 aromatic carbocycles. The molecule has 114 valence electrons. The van der Waals surface area contributed by atoms with E-state index in [0.717, 1.165) is 25.4 Å². The number of rotatable bonds is 7. The maximum absolute atomic E-state index is 4.60. The van der Waals surface area contributed by atoms with Crippen molar-refractivity contribution in [3.63, 3.8) is 0 Å². The first-order valence-electron chi connectivity index (χ1n) is 8.32. The van der Waals surface area contributed by atoms with Crippen LogP contribution < -0.4 is 5.32 Å². The summed E-state index contributed by atoms with van der Waals surface area (Å²) in [5, 5.41) is 3.73. The Hall–Kier alpha value is -0.830. The summed E-state index contributed by atoms with van der Waals surface area (Å²) in [6.45, 7) is 11.5. The SMILES string of the molecule is CCCn1ccnc1CC(NCC)C1CCCC1(C)C. The summed E-state index contributed by atoms with van der Waals surface area (Å²) in [5.41, 5.74) is 0.467. The number of hydrogen-bond donors (Lipinski definition) is 1. The molecule has 2 atom stereocenters. The second-order valence-corrected chi connectivity index (χ2v) is 6.89. The van der Waals surface area contributed by atoms with Crippen LogP contribution in [0.1, 0.15) is 59.2 Å². The molecule has 0 spiro atoms. The topological polar surface area (TPSA) is 29.9 Å². The molecular formula is C17H31N3. The van der Waals surface area contributed by atoms with Crippen molar-refractivity contribution in [2.75, 3.05) is 6.54 Å². The molecule has 1 aromatic rings. The van der Waals surface area contributed by atoms with Crippen molar-refractivity contribution < 1.29 is 0 Å². The van der Waals surface area contributed by atoms with Gasteiger partial charge in [-0.25, -0.2) is 4.98 Å². The monoisotopic (exact) mass is 277 g/mol. The largest absolute Gasteiger partial charge is 0.335 e. The molecule has 1 aromatic heterocycles. The molecule has 0 bridgehead atoms. The molecule has 0 amide bonds. The van der Waals surface area contributed by atoms with Crippen molar-refractivity contribution in [2.24, 2.45) is 11.3 Å². The second kappa shape index (κ2) is 6.75. The minimum absolute atomic E-state index is 0.467. The van der Waals surface area contributed by atoms with Crippen LogP contribution in [0.25, 0.3) is 0 Å². The molecule has 0 saturated heterocycles. The zero-order chi connectivity index (χ0) is 14.6. The molecule has 1 N–H and O–H groups in total. The normalized spacial score (nSPS) is 23.1. The van der Waals surface area contributed by atoms with Crippen molar-refractivity contribution in [2.45, 2.75) is 72.4 Å². The Bertz CT molecular complexity index is 408. The van der Waals surface area contributed by atoms with Gasteiger partial charge in [-0.1, -0.05) is 34.1 Å².